The Kier molecular flexibility index (Phi) is 6.54. The summed E-state index contributed by atoms with van der Waals surface area (Å²) in [6, 6.07) is 9.71. The van der Waals surface area contributed by atoms with Gasteiger partial charge in [0.15, 0.2) is 0 Å². The molecule has 2 unspecified atom stereocenters. The second-order valence-electron chi connectivity index (χ2n) is 7.50. The van der Waals surface area contributed by atoms with Gasteiger partial charge in [0.1, 0.15) is 0 Å². The molecule has 1 aromatic carbocycles. The van der Waals surface area contributed by atoms with Crippen molar-refractivity contribution in [2.24, 2.45) is 0 Å². The summed E-state index contributed by atoms with van der Waals surface area (Å²) < 4.78 is 0. The highest BCUT2D eigenvalue weighted by atomic mass is 35.5. The van der Waals surface area contributed by atoms with Crippen LogP contribution in [0.4, 0.5) is 0 Å². The molecule has 3 heterocycles. The summed E-state index contributed by atoms with van der Waals surface area (Å²) >= 11 is 0. The van der Waals surface area contributed by atoms with Crippen LogP contribution in [0.15, 0.2) is 24.3 Å². The largest absolute Gasteiger partial charge is 0.339 e. The molecule has 2 saturated heterocycles. The number of benzene rings is 1. The molecule has 2 aliphatic rings. The van der Waals surface area contributed by atoms with Gasteiger partial charge in [0.25, 0.3) is 5.91 Å². The number of halogens is 2. The Labute approximate surface area is 167 Å². The predicted octanol–water partition coefficient (Wildman–Crippen LogP) is 4.05. The topological polar surface area (TPSA) is 45.2 Å². The van der Waals surface area contributed by atoms with Crippen LogP contribution in [-0.2, 0) is 0 Å². The highest BCUT2D eigenvalue weighted by Gasteiger charge is 2.36. The van der Waals surface area contributed by atoms with Crippen LogP contribution in [0, 0.1) is 13.8 Å². The molecule has 1 N–H and O–H groups in total. The van der Waals surface area contributed by atoms with Gasteiger partial charge in [-0.15, -0.1) is 24.8 Å². The lowest BCUT2D eigenvalue weighted by molar-refractivity contribution is 0.0680. The van der Waals surface area contributed by atoms with Crippen molar-refractivity contribution in [2.75, 3.05) is 7.05 Å². The molecule has 4 nitrogen and oxygen atoms in total. The second kappa shape index (κ2) is 8.12. The average molecular weight is 396 g/mol. The molecule has 2 fully saturated rings. The number of carbonyl (C=O) groups excluding carboxylic acids is 1. The fraction of sp³-hybridized carbons (Fsp3) is 0.500. The minimum absolute atomic E-state index is 0. The van der Waals surface area contributed by atoms with Gasteiger partial charge in [-0.2, -0.15) is 0 Å². The predicted molar refractivity (Wildman–Crippen MR) is 111 cm³/mol. The van der Waals surface area contributed by atoms with Gasteiger partial charge in [-0.05, 0) is 57.7 Å². The van der Waals surface area contributed by atoms with Crippen molar-refractivity contribution in [1.82, 2.24) is 15.2 Å². The van der Waals surface area contributed by atoms with Crippen molar-refractivity contribution < 1.29 is 4.79 Å². The Hall–Kier alpha value is -1.36. The van der Waals surface area contributed by atoms with Gasteiger partial charge in [0.2, 0.25) is 0 Å². The van der Waals surface area contributed by atoms with Crippen molar-refractivity contribution in [3.8, 4) is 0 Å². The van der Waals surface area contributed by atoms with Crippen LogP contribution in [0.2, 0.25) is 0 Å². The van der Waals surface area contributed by atoms with Crippen LogP contribution < -0.4 is 5.32 Å². The molecule has 0 aliphatic carbocycles. The molecule has 1 aromatic heterocycles. The van der Waals surface area contributed by atoms with Crippen molar-refractivity contribution in [2.45, 2.75) is 57.7 Å². The van der Waals surface area contributed by atoms with Gasteiger partial charge >= 0.3 is 0 Å². The lowest BCUT2D eigenvalue weighted by Gasteiger charge is -2.35. The van der Waals surface area contributed by atoms with Crippen LogP contribution in [0.5, 0.6) is 0 Å². The Morgan fingerprint density at radius 1 is 1.12 bits per heavy atom. The number of nitrogens with one attached hydrogen (secondary N) is 1. The number of pyridine rings is 1. The van der Waals surface area contributed by atoms with Crippen molar-refractivity contribution in [3.63, 3.8) is 0 Å². The maximum absolute atomic E-state index is 13.1. The number of carbonyl (C=O) groups is 1. The molecule has 4 rings (SSSR count). The van der Waals surface area contributed by atoms with Crippen LogP contribution in [0.25, 0.3) is 10.9 Å². The quantitative estimate of drug-likeness (QED) is 0.833. The summed E-state index contributed by atoms with van der Waals surface area (Å²) in [5.74, 6) is 0.106. The highest BCUT2D eigenvalue weighted by Crippen LogP contribution is 2.30. The number of hydrogen-bond donors (Lipinski definition) is 1. The lowest BCUT2D eigenvalue weighted by atomic mass is 9.97. The summed E-state index contributed by atoms with van der Waals surface area (Å²) in [4.78, 5) is 19.7. The number of piperidine rings is 1. The maximum Gasteiger partial charge on any atom is 0.255 e. The monoisotopic (exact) mass is 395 g/mol. The minimum Gasteiger partial charge on any atom is -0.339 e. The summed E-state index contributed by atoms with van der Waals surface area (Å²) in [5.41, 5.74) is 3.70. The number of aromatic nitrogens is 1. The van der Waals surface area contributed by atoms with E-state index in [1.54, 1.807) is 0 Å². The molecule has 2 aromatic rings. The molecule has 0 spiro atoms. The molecule has 26 heavy (non-hydrogen) atoms. The summed E-state index contributed by atoms with van der Waals surface area (Å²) in [5, 5.41) is 4.69. The zero-order valence-electron chi connectivity index (χ0n) is 15.5. The summed E-state index contributed by atoms with van der Waals surface area (Å²) in [7, 11) is 1.96. The van der Waals surface area contributed by atoms with E-state index in [1.807, 2.05) is 31.0 Å². The first-order valence-corrected chi connectivity index (χ1v) is 8.92. The van der Waals surface area contributed by atoms with E-state index < -0.39 is 0 Å². The first kappa shape index (κ1) is 20.9. The maximum atomic E-state index is 13.1. The van der Waals surface area contributed by atoms with E-state index in [1.165, 1.54) is 18.4 Å². The molecule has 1 amide bonds. The Morgan fingerprint density at radius 3 is 2.42 bits per heavy atom. The Balaban J connectivity index is 0.00000121. The van der Waals surface area contributed by atoms with Gasteiger partial charge in [0, 0.05) is 30.6 Å². The van der Waals surface area contributed by atoms with E-state index in [-0.39, 0.29) is 30.7 Å². The number of fused-ring (bicyclic) bond motifs is 3. The fourth-order valence-corrected chi connectivity index (χ4v) is 4.31. The number of rotatable bonds is 2. The number of amides is 1. The molecule has 0 saturated carbocycles. The van der Waals surface area contributed by atoms with Crippen molar-refractivity contribution >= 4 is 41.6 Å². The molecule has 2 atom stereocenters. The zero-order chi connectivity index (χ0) is 16.8. The smallest absolute Gasteiger partial charge is 0.255 e. The molecule has 2 aliphatic heterocycles. The van der Waals surface area contributed by atoms with E-state index in [4.69, 9.17) is 0 Å². The normalized spacial score (nSPS) is 23.9. The van der Waals surface area contributed by atoms with Crippen LogP contribution >= 0.6 is 24.8 Å². The average Bonchev–Trinajstić information content (AvgIpc) is 2.91. The second-order valence-corrected chi connectivity index (χ2v) is 7.50. The van der Waals surface area contributed by atoms with Crippen LogP contribution in [0.3, 0.4) is 0 Å². The van der Waals surface area contributed by atoms with E-state index in [9.17, 15) is 4.79 Å². The standard InChI is InChI=1S/C20H25N3O.2ClH/c1-12-4-7-19-14(8-12)9-18(13(2)21-19)20(24)23(3)17-10-15-5-6-16(11-17)22-15;;/h4,7-9,15-17,22H,5-6,10-11H2,1-3H3;2*1H. The van der Waals surface area contributed by atoms with E-state index in [2.05, 4.69) is 29.4 Å². The van der Waals surface area contributed by atoms with E-state index in [0.717, 1.165) is 35.0 Å². The van der Waals surface area contributed by atoms with Crippen LogP contribution in [-0.4, -0.2) is 41.0 Å². The molecular formula is C20H27Cl2N3O. The van der Waals surface area contributed by atoms with E-state index >= 15 is 0 Å². The summed E-state index contributed by atoms with van der Waals surface area (Å²) in [6.07, 6.45) is 4.63. The third-order valence-electron chi connectivity index (χ3n) is 5.71. The third kappa shape index (κ3) is 3.83. The van der Waals surface area contributed by atoms with Gasteiger partial charge in [-0.25, -0.2) is 0 Å². The number of hydrogen-bond acceptors (Lipinski definition) is 3. The highest BCUT2D eigenvalue weighted by molar-refractivity contribution is 5.98. The SMILES string of the molecule is Cc1ccc2nc(C)c(C(=O)N(C)C3CC4CCC(C3)N4)cc2c1.Cl.Cl. The van der Waals surface area contributed by atoms with Gasteiger partial charge in [-0.3, -0.25) is 9.78 Å². The zero-order valence-corrected chi connectivity index (χ0v) is 17.1. The molecular weight excluding hydrogens is 369 g/mol. The number of aryl methyl sites for hydroxylation is 2. The molecule has 142 valence electrons. The van der Waals surface area contributed by atoms with Gasteiger partial charge in [0.05, 0.1) is 16.8 Å². The van der Waals surface area contributed by atoms with Crippen molar-refractivity contribution in [1.29, 1.82) is 0 Å². The molecule has 6 heteroatoms. The lowest BCUT2D eigenvalue weighted by Crippen LogP contribution is -2.48. The number of nitrogens with zero attached hydrogens (tertiary/aromatic N) is 2. The first-order chi connectivity index (χ1) is 11.5. The molecule has 2 bridgehead atoms. The van der Waals surface area contributed by atoms with E-state index in [0.29, 0.717) is 18.1 Å². The Morgan fingerprint density at radius 2 is 1.77 bits per heavy atom. The van der Waals surface area contributed by atoms with Gasteiger partial charge < -0.3 is 10.2 Å². The van der Waals surface area contributed by atoms with Crippen LogP contribution in [0.1, 0.15) is 47.3 Å². The fourth-order valence-electron chi connectivity index (χ4n) is 4.31. The Bertz CT molecular complexity index is 799. The third-order valence-corrected chi connectivity index (χ3v) is 5.71. The minimum atomic E-state index is 0. The molecule has 0 radical (unpaired) electrons. The first-order valence-electron chi connectivity index (χ1n) is 8.92. The van der Waals surface area contributed by atoms with Crippen molar-refractivity contribution in [3.05, 3.63) is 41.1 Å². The van der Waals surface area contributed by atoms with Gasteiger partial charge in [-0.1, -0.05) is 11.6 Å². The summed E-state index contributed by atoms with van der Waals surface area (Å²) in [6.45, 7) is 4.00.